The van der Waals surface area contributed by atoms with Gasteiger partial charge >= 0.3 is 5.97 Å². The van der Waals surface area contributed by atoms with Crippen LogP contribution in [0.4, 0.5) is 0 Å². The van der Waals surface area contributed by atoms with Gasteiger partial charge in [-0.05, 0) is 18.1 Å². The number of halogens is 1. The van der Waals surface area contributed by atoms with Gasteiger partial charge in [-0.25, -0.2) is 9.78 Å². The molecule has 2 rings (SSSR count). The number of para-hydroxylation sites is 1. The third kappa shape index (κ3) is 4.41. The van der Waals surface area contributed by atoms with Crippen molar-refractivity contribution in [2.75, 3.05) is 19.8 Å². The van der Waals surface area contributed by atoms with E-state index in [9.17, 15) is 4.79 Å². The first-order valence-corrected chi connectivity index (χ1v) is 7.26. The van der Waals surface area contributed by atoms with Crippen LogP contribution in [-0.2, 0) is 9.47 Å². The smallest absolute Gasteiger partial charge is 0.357 e. The number of hydrogen-bond acceptors (Lipinski definition) is 4. The van der Waals surface area contributed by atoms with E-state index in [0.29, 0.717) is 29.7 Å². The lowest BCUT2D eigenvalue weighted by molar-refractivity contribution is 0.0272. The Morgan fingerprint density at radius 2 is 2.05 bits per heavy atom. The van der Waals surface area contributed by atoms with Crippen molar-refractivity contribution in [1.82, 2.24) is 4.98 Å². The van der Waals surface area contributed by atoms with Crippen LogP contribution in [0.5, 0.6) is 0 Å². The molecule has 0 aliphatic heterocycles. The molecule has 0 N–H and O–H groups in total. The summed E-state index contributed by atoms with van der Waals surface area (Å²) in [5.74, 6) is -0.0301. The molecule has 0 unspecified atom stereocenters. The van der Waals surface area contributed by atoms with Crippen LogP contribution >= 0.6 is 11.6 Å². The molecule has 5 heteroatoms. The second-order valence-electron chi connectivity index (χ2n) is 5.11. The van der Waals surface area contributed by atoms with Crippen LogP contribution in [0.25, 0.3) is 10.9 Å². The molecule has 21 heavy (non-hydrogen) atoms. The summed E-state index contributed by atoms with van der Waals surface area (Å²) in [6, 6.07) is 8.92. The van der Waals surface area contributed by atoms with E-state index in [2.05, 4.69) is 18.8 Å². The Morgan fingerprint density at radius 1 is 1.29 bits per heavy atom. The molecule has 0 fully saturated rings. The van der Waals surface area contributed by atoms with Gasteiger partial charge in [0.2, 0.25) is 0 Å². The van der Waals surface area contributed by atoms with Gasteiger partial charge in [0, 0.05) is 12.0 Å². The van der Waals surface area contributed by atoms with Gasteiger partial charge in [-0.15, -0.1) is 0 Å². The van der Waals surface area contributed by atoms with Gasteiger partial charge in [-0.3, -0.25) is 0 Å². The van der Waals surface area contributed by atoms with Gasteiger partial charge in [0.1, 0.15) is 6.61 Å². The molecule has 0 spiro atoms. The average Bonchev–Trinajstić information content (AvgIpc) is 2.46. The van der Waals surface area contributed by atoms with E-state index in [1.165, 1.54) is 6.07 Å². The minimum absolute atomic E-state index is 0.206. The number of pyridine rings is 1. The van der Waals surface area contributed by atoms with Crippen molar-refractivity contribution in [1.29, 1.82) is 0 Å². The van der Waals surface area contributed by atoms with Crippen LogP contribution in [-0.4, -0.2) is 30.8 Å². The summed E-state index contributed by atoms with van der Waals surface area (Å²) in [7, 11) is 0. The van der Waals surface area contributed by atoms with Gasteiger partial charge in [0.05, 0.1) is 17.1 Å². The second kappa shape index (κ2) is 7.38. The van der Waals surface area contributed by atoms with Crippen molar-refractivity contribution in [3.8, 4) is 0 Å². The van der Waals surface area contributed by atoms with E-state index in [-0.39, 0.29) is 12.3 Å². The summed E-state index contributed by atoms with van der Waals surface area (Å²) < 4.78 is 10.5. The van der Waals surface area contributed by atoms with Crippen molar-refractivity contribution in [3.63, 3.8) is 0 Å². The van der Waals surface area contributed by atoms with Crippen molar-refractivity contribution in [2.24, 2.45) is 5.92 Å². The van der Waals surface area contributed by atoms with E-state index in [1.54, 1.807) is 0 Å². The standard InChI is InChI=1S/C16H18ClNO3/c1-11(2)10-20-7-8-21-16(19)15-9-13(17)12-5-3-4-6-14(12)18-15/h3-6,9,11H,7-8,10H2,1-2H3. The fourth-order valence-electron chi connectivity index (χ4n) is 1.82. The zero-order valence-corrected chi connectivity index (χ0v) is 12.9. The van der Waals surface area contributed by atoms with Crippen LogP contribution in [0.1, 0.15) is 24.3 Å². The summed E-state index contributed by atoms with van der Waals surface area (Å²) in [4.78, 5) is 16.2. The highest BCUT2D eigenvalue weighted by molar-refractivity contribution is 6.35. The maximum atomic E-state index is 11.9. The number of aromatic nitrogens is 1. The quantitative estimate of drug-likeness (QED) is 0.603. The van der Waals surface area contributed by atoms with Gasteiger partial charge < -0.3 is 9.47 Å². The summed E-state index contributed by atoms with van der Waals surface area (Å²) in [6.07, 6.45) is 0. The Kier molecular flexibility index (Phi) is 5.53. The van der Waals surface area contributed by atoms with Gasteiger partial charge in [-0.1, -0.05) is 43.6 Å². The first-order chi connectivity index (χ1) is 10.1. The molecule has 0 radical (unpaired) electrons. The number of benzene rings is 1. The molecule has 2 aromatic rings. The zero-order chi connectivity index (χ0) is 15.2. The number of carbonyl (C=O) groups is 1. The van der Waals surface area contributed by atoms with E-state index in [1.807, 2.05) is 24.3 Å². The minimum atomic E-state index is -0.490. The Morgan fingerprint density at radius 3 is 2.81 bits per heavy atom. The lowest BCUT2D eigenvalue weighted by Crippen LogP contribution is -2.13. The summed E-state index contributed by atoms with van der Waals surface area (Å²) >= 11 is 6.15. The number of carbonyl (C=O) groups excluding carboxylic acids is 1. The summed E-state index contributed by atoms with van der Waals surface area (Å²) in [6.45, 7) is 5.36. The highest BCUT2D eigenvalue weighted by Crippen LogP contribution is 2.22. The van der Waals surface area contributed by atoms with Crippen LogP contribution in [0, 0.1) is 5.92 Å². The number of ether oxygens (including phenoxy) is 2. The highest BCUT2D eigenvalue weighted by Gasteiger charge is 2.12. The normalized spacial score (nSPS) is 11.0. The third-order valence-corrected chi connectivity index (χ3v) is 3.10. The first kappa shape index (κ1) is 15.7. The molecule has 1 heterocycles. The number of hydrogen-bond donors (Lipinski definition) is 0. The lowest BCUT2D eigenvalue weighted by atomic mass is 10.2. The first-order valence-electron chi connectivity index (χ1n) is 6.88. The highest BCUT2D eigenvalue weighted by atomic mass is 35.5. The second-order valence-corrected chi connectivity index (χ2v) is 5.52. The molecule has 0 atom stereocenters. The molecular formula is C16H18ClNO3. The molecule has 0 saturated heterocycles. The molecule has 112 valence electrons. The van der Waals surface area contributed by atoms with E-state index in [4.69, 9.17) is 21.1 Å². The predicted molar refractivity (Wildman–Crippen MR) is 82.7 cm³/mol. The molecule has 1 aromatic heterocycles. The fourth-order valence-corrected chi connectivity index (χ4v) is 2.09. The molecule has 4 nitrogen and oxygen atoms in total. The van der Waals surface area contributed by atoms with Crippen LogP contribution < -0.4 is 0 Å². The molecule has 0 amide bonds. The van der Waals surface area contributed by atoms with Crippen molar-refractivity contribution < 1.29 is 14.3 Å². The van der Waals surface area contributed by atoms with Gasteiger partial charge in [0.25, 0.3) is 0 Å². The van der Waals surface area contributed by atoms with Crippen molar-refractivity contribution in [2.45, 2.75) is 13.8 Å². The van der Waals surface area contributed by atoms with Crippen molar-refractivity contribution >= 4 is 28.5 Å². The Labute approximate surface area is 129 Å². The Bertz CT molecular complexity index is 628. The Balaban J connectivity index is 1.96. The molecular weight excluding hydrogens is 290 g/mol. The topological polar surface area (TPSA) is 48.4 Å². The minimum Gasteiger partial charge on any atom is -0.459 e. The van der Waals surface area contributed by atoms with Crippen LogP contribution in [0.15, 0.2) is 30.3 Å². The van der Waals surface area contributed by atoms with Crippen molar-refractivity contribution in [3.05, 3.63) is 41.0 Å². The lowest BCUT2D eigenvalue weighted by Gasteiger charge is -2.08. The zero-order valence-electron chi connectivity index (χ0n) is 12.1. The van der Waals surface area contributed by atoms with Crippen LogP contribution in [0.3, 0.4) is 0 Å². The number of fused-ring (bicyclic) bond motifs is 1. The largest absolute Gasteiger partial charge is 0.459 e. The SMILES string of the molecule is CC(C)COCCOC(=O)c1cc(Cl)c2ccccc2n1. The number of nitrogens with zero attached hydrogens (tertiary/aromatic N) is 1. The molecule has 0 aliphatic rings. The monoisotopic (exact) mass is 307 g/mol. The molecule has 0 aliphatic carbocycles. The molecule has 1 aromatic carbocycles. The molecule has 0 bridgehead atoms. The van der Waals surface area contributed by atoms with Gasteiger partial charge in [0.15, 0.2) is 5.69 Å². The fraction of sp³-hybridized carbons (Fsp3) is 0.375. The summed E-state index contributed by atoms with van der Waals surface area (Å²) in [5, 5.41) is 1.31. The predicted octanol–water partition coefficient (Wildman–Crippen LogP) is 3.72. The van der Waals surface area contributed by atoms with E-state index >= 15 is 0 Å². The van der Waals surface area contributed by atoms with Crippen LogP contribution in [0.2, 0.25) is 5.02 Å². The maximum Gasteiger partial charge on any atom is 0.357 e. The molecule has 0 saturated carbocycles. The van der Waals surface area contributed by atoms with E-state index < -0.39 is 5.97 Å². The maximum absolute atomic E-state index is 11.9. The number of esters is 1. The Hall–Kier alpha value is -1.65. The third-order valence-electron chi connectivity index (χ3n) is 2.79. The summed E-state index contributed by atoms with van der Waals surface area (Å²) in [5.41, 5.74) is 0.885. The average molecular weight is 308 g/mol. The van der Waals surface area contributed by atoms with Gasteiger partial charge in [-0.2, -0.15) is 0 Å². The number of rotatable bonds is 6. The van der Waals surface area contributed by atoms with E-state index in [0.717, 1.165) is 5.39 Å².